The van der Waals surface area contributed by atoms with Gasteiger partial charge in [0.15, 0.2) is 11.5 Å². The molecule has 2 aromatic carbocycles. The van der Waals surface area contributed by atoms with E-state index in [4.69, 9.17) is 9.47 Å². The molecule has 0 spiro atoms. The van der Waals surface area contributed by atoms with Crippen LogP contribution in [0.2, 0.25) is 0 Å². The lowest BCUT2D eigenvalue weighted by atomic mass is 10.1. The summed E-state index contributed by atoms with van der Waals surface area (Å²) in [6, 6.07) is 14.2. The van der Waals surface area contributed by atoms with Crippen molar-refractivity contribution >= 4 is 34.8 Å². The monoisotopic (exact) mass is 383 g/mol. The molecule has 0 atom stereocenters. The molecule has 0 unspecified atom stereocenters. The van der Waals surface area contributed by atoms with Crippen molar-refractivity contribution in [2.75, 3.05) is 19.1 Å². The Hall–Kier alpha value is -2.73. The van der Waals surface area contributed by atoms with Crippen molar-refractivity contribution in [1.82, 2.24) is 0 Å². The molecule has 1 aliphatic rings. The molecule has 0 radical (unpaired) electrons. The van der Waals surface area contributed by atoms with Crippen LogP contribution in [0, 0.1) is 0 Å². The predicted molar refractivity (Wildman–Crippen MR) is 108 cm³/mol. The molecule has 2 amide bonds. The van der Waals surface area contributed by atoms with E-state index in [0.29, 0.717) is 33.2 Å². The smallest absolute Gasteiger partial charge is 0.272 e. The van der Waals surface area contributed by atoms with Crippen LogP contribution in [-0.2, 0) is 9.59 Å². The van der Waals surface area contributed by atoms with Gasteiger partial charge in [-0.15, -0.1) is 11.8 Å². The van der Waals surface area contributed by atoms with Gasteiger partial charge in [0.1, 0.15) is 0 Å². The SMILES string of the molecule is COc1ccc(C2=C(SC(C)C)C(=O)N(c3ccccc3)C2=O)cc1OC. The first kappa shape index (κ1) is 19.0. The molecule has 0 saturated carbocycles. The van der Waals surface area contributed by atoms with Gasteiger partial charge in [0.2, 0.25) is 0 Å². The number of amides is 2. The zero-order valence-electron chi connectivity index (χ0n) is 15.7. The van der Waals surface area contributed by atoms with Gasteiger partial charge in [0.05, 0.1) is 30.4 Å². The molecule has 140 valence electrons. The minimum atomic E-state index is -0.332. The van der Waals surface area contributed by atoms with Crippen LogP contribution in [0.5, 0.6) is 11.5 Å². The summed E-state index contributed by atoms with van der Waals surface area (Å²) in [6.07, 6.45) is 0. The van der Waals surface area contributed by atoms with Crippen LogP contribution >= 0.6 is 11.8 Å². The largest absolute Gasteiger partial charge is 0.493 e. The van der Waals surface area contributed by atoms with Gasteiger partial charge in [-0.1, -0.05) is 38.1 Å². The molecule has 3 rings (SSSR count). The number of hydrogen-bond donors (Lipinski definition) is 0. The second-order valence-electron chi connectivity index (χ2n) is 6.22. The molecule has 1 aliphatic heterocycles. The van der Waals surface area contributed by atoms with E-state index >= 15 is 0 Å². The average molecular weight is 383 g/mol. The number of rotatable bonds is 6. The minimum Gasteiger partial charge on any atom is -0.493 e. The molecule has 0 aliphatic carbocycles. The van der Waals surface area contributed by atoms with Crippen LogP contribution in [0.4, 0.5) is 5.69 Å². The standard InChI is InChI=1S/C21H21NO4S/c1-13(2)27-19-18(14-10-11-16(25-3)17(12-14)26-4)20(23)22(21(19)24)15-8-6-5-7-9-15/h5-13H,1-4H3. The van der Waals surface area contributed by atoms with Crippen LogP contribution in [0.1, 0.15) is 19.4 Å². The Bertz CT molecular complexity index is 906. The maximum absolute atomic E-state index is 13.2. The highest BCUT2D eigenvalue weighted by molar-refractivity contribution is 8.04. The van der Waals surface area contributed by atoms with Gasteiger partial charge in [-0.05, 0) is 29.8 Å². The van der Waals surface area contributed by atoms with Crippen molar-refractivity contribution in [2.45, 2.75) is 19.1 Å². The van der Waals surface area contributed by atoms with E-state index < -0.39 is 0 Å². The summed E-state index contributed by atoms with van der Waals surface area (Å²) in [5.41, 5.74) is 1.58. The first-order valence-electron chi connectivity index (χ1n) is 8.55. The minimum absolute atomic E-state index is 0.155. The zero-order valence-corrected chi connectivity index (χ0v) is 16.5. The normalized spacial score (nSPS) is 14.3. The number of nitrogens with zero attached hydrogens (tertiary/aromatic N) is 1. The highest BCUT2D eigenvalue weighted by Crippen LogP contribution is 2.41. The fourth-order valence-corrected chi connectivity index (χ4v) is 3.90. The Labute approximate surface area is 163 Å². The van der Waals surface area contributed by atoms with Crippen molar-refractivity contribution in [3.8, 4) is 11.5 Å². The number of thioether (sulfide) groups is 1. The lowest BCUT2D eigenvalue weighted by Crippen LogP contribution is -2.31. The molecule has 0 aromatic heterocycles. The van der Waals surface area contributed by atoms with Gasteiger partial charge in [0.25, 0.3) is 11.8 Å². The Morgan fingerprint density at radius 1 is 0.889 bits per heavy atom. The highest BCUT2D eigenvalue weighted by atomic mass is 32.2. The summed E-state index contributed by atoms with van der Waals surface area (Å²) < 4.78 is 10.6. The fourth-order valence-electron chi connectivity index (χ4n) is 2.91. The highest BCUT2D eigenvalue weighted by Gasteiger charge is 2.40. The molecule has 27 heavy (non-hydrogen) atoms. The second-order valence-corrected chi connectivity index (χ2v) is 7.81. The summed E-state index contributed by atoms with van der Waals surface area (Å²) >= 11 is 1.39. The van der Waals surface area contributed by atoms with Crippen LogP contribution in [0.25, 0.3) is 5.57 Å². The maximum Gasteiger partial charge on any atom is 0.272 e. The van der Waals surface area contributed by atoms with Crippen molar-refractivity contribution in [2.24, 2.45) is 0 Å². The van der Waals surface area contributed by atoms with E-state index in [1.165, 1.54) is 23.8 Å². The number of carbonyl (C=O) groups is 2. The van der Waals surface area contributed by atoms with Gasteiger partial charge in [-0.3, -0.25) is 9.59 Å². The summed E-state index contributed by atoms with van der Waals surface area (Å²) in [5, 5.41) is 0.155. The topological polar surface area (TPSA) is 55.8 Å². The zero-order chi connectivity index (χ0) is 19.6. The lowest BCUT2D eigenvalue weighted by Gasteiger charge is -2.15. The molecule has 6 heteroatoms. The second kappa shape index (κ2) is 7.88. The quantitative estimate of drug-likeness (QED) is 0.702. The Kier molecular flexibility index (Phi) is 5.56. The van der Waals surface area contributed by atoms with E-state index in [-0.39, 0.29) is 17.1 Å². The van der Waals surface area contributed by atoms with E-state index in [2.05, 4.69) is 0 Å². The molecule has 5 nitrogen and oxygen atoms in total. The summed E-state index contributed by atoms with van der Waals surface area (Å²) in [5.74, 6) is 0.447. The van der Waals surface area contributed by atoms with Crippen LogP contribution in [0.15, 0.2) is 53.4 Å². The van der Waals surface area contributed by atoms with Crippen LogP contribution < -0.4 is 14.4 Å². The first-order valence-corrected chi connectivity index (χ1v) is 9.43. The van der Waals surface area contributed by atoms with Crippen molar-refractivity contribution in [3.63, 3.8) is 0 Å². The third-order valence-corrected chi connectivity index (χ3v) is 5.17. The lowest BCUT2D eigenvalue weighted by molar-refractivity contribution is -0.119. The van der Waals surface area contributed by atoms with Crippen molar-refractivity contribution in [3.05, 3.63) is 59.0 Å². The maximum atomic E-state index is 13.2. The molecule has 0 bridgehead atoms. The van der Waals surface area contributed by atoms with Gasteiger partial charge < -0.3 is 9.47 Å². The van der Waals surface area contributed by atoms with Gasteiger partial charge in [0, 0.05) is 5.25 Å². The number of hydrogen-bond acceptors (Lipinski definition) is 5. The predicted octanol–water partition coefficient (Wildman–Crippen LogP) is 4.13. The summed E-state index contributed by atoms with van der Waals surface area (Å²) in [6.45, 7) is 3.99. The number of carbonyl (C=O) groups excluding carboxylic acids is 2. The van der Waals surface area contributed by atoms with Crippen LogP contribution in [-0.4, -0.2) is 31.3 Å². The number of ether oxygens (including phenoxy) is 2. The molecular formula is C21H21NO4S. The van der Waals surface area contributed by atoms with Crippen LogP contribution in [0.3, 0.4) is 0 Å². The Balaban J connectivity index is 2.13. The molecule has 2 aromatic rings. The van der Waals surface area contributed by atoms with Gasteiger partial charge >= 0.3 is 0 Å². The number of methoxy groups -OCH3 is 2. The van der Waals surface area contributed by atoms with E-state index in [9.17, 15) is 9.59 Å². The van der Waals surface area contributed by atoms with E-state index in [1.807, 2.05) is 19.9 Å². The number of benzene rings is 2. The Morgan fingerprint density at radius 3 is 2.15 bits per heavy atom. The first-order chi connectivity index (χ1) is 13.0. The van der Waals surface area contributed by atoms with Gasteiger partial charge in [-0.25, -0.2) is 4.90 Å². The number of para-hydroxylation sites is 1. The Morgan fingerprint density at radius 2 is 1.56 bits per heavy atom. The third-order valence-electron chi connectivity index (χ3n) is 4.08. The molecule has 0 N–H and O–H groups in total. The summed E-state index contributed by atoms with van der Waals surface area (Å²) in [7, 11) is 3.09. The van der Waals surface area contributed by atoms with E-state index in [0.717, 1.165) is 0 Å². The van der Waals surface area contributed by atoms with Gasteiger partial charge in [-0.2, -0.15) is 0 Å². The fraction of sp³-hybridized carbons (Fsp3) is 0.238. The molecular weight excluding hydrogens is 362 g/mol. The summed E-state index contributed by atoms with van der Waals surface area (Å²) in [4.78, 5) is 28.0. The van der Waals surface area contributed by atoms with E-state index in [1.54, 1.807) is 49.6 Å². The third kappa shape index (κ3) is 3.57. The average Bonchev–Trinajstić information content (AvgIpc) is 2.91. The molecule has 1 heterocycles. The van der Waals surface area contributed by atoms with Crippen molar-refractivity contribution in [1.29, 1.82) is 0 Å². The molecule has 0 fully saturated rings. The number of imide groups is 1. The van der Waals surface area contributed by atoms with Crippen molar-refractivity contribution < 1.29 is 19.1 Å². The number of anilines is 1. The molecule has 0 saturated heterocycles.